The molecule has 0 aliphatic heterocycles. The smallest absolute Gasteiger partial charge is 0.254 e. The van der Waals surface area contributed by atoms with Crippen LogP contribution in [-0.4, -0.2) is 32.2 Å². The molecule has 2 rings (SSSR count). The van der Waals surface area contributed by atoms with E-state index in [0.717, 1.165) is 12.0 Å². The normalized spacial score (nSPS) is 11.3. The highest BCUT2D eigenvalue weighted by molar-refractivity contribution is 5.97. The number of amides is 1. The van der Waals surface area contributed by atoms with Crippen LogP contribution in [0.1, 0.15) is 48.9 Å². The molecule has 24 heavy (non-hydrogen) atoms. The number of nitrogens with one attached hydrogen (secondary N) is 1. The van der Waals surface area contributed by atoms with E-state index in [1.807, 2.05) is 10.9 Å². The van der Waals surface area contributed by atoms with Crippen molar-refractivity contribution in [1.29, 1.82) is 0 Å². The van der Waals surface area contributed by atoms with E-state index in [2.05, 4.69) is 47.7 Å². The summed E-state index contributed by atoms with van der Waals surface area (Å²) in [6.45, 7) is 10.6. The van der Waals surface area contributed by atoms with Gasteiger partial charge in [0.1, 0.15) is 11.6 Å². The van der Waals surface area contributed by atoms with Gasteiger partial charge in [0.2, 0.25) is 0 Å². The fourth-order valence-corrected chi connectivity index (χ4v) is 2.11. The zero-order chi connectivity index (χ0) is 17.7. The van der Waals surface area contributed by atoms with Crippen molar-refractivity contribution in [2.75, 3.05) is 11.9 Å². The fourth-order valence-electron chi connectivity index (χ4n) is 2.11. The number of primary amides is 1. The lowest BCUT2D eigenvalue weighted by atomic mass is 10.1. The van der Waals surface area contributed by atoms with Crippen molar-refractivity contribution < 1.29 is 4.79 Å². The molecule has 7 nitrogen and oxygen atoms in total. The third kappa shape index (κ3) is 4.41. The predicted molar refractivity (Wildman–Crippen MR) is 93.9 cm³/mol. The van der Waals surface area contributed by atoms with Crippen molar-refractivity contribution in [3.8, 4) is 0 Å². The topological polar surface area (TPSA) is 98.7 Å². The summed E-state index contributed by atoms with van der Waals surface area (Å²) in [6, 6.07) is 0. The number of aromatic nitrogens is 4. The summed E-state index contributed by atoms with van der Waals surface area (Å²) in [5.74, 6) is 0.510. The molecule has 128 valence electrons. The summed E-state index contributed by atoms with van der Waals surface area (Å²) in [5.41, 5.74) is 6.60. The van der Waals surface area contributed by atoms with Crippen LogP contribution in [0.25, 0.3) is 0 Å². The highest BCUT2D eigenvalue weighted by atomic mass is 16.1. The van der Waals surface area contributed by atoms with Gasteiger partial charge in [0, 0.05) is 25.4 Å². The van der Waals surface area contributed by atoms with Gasteiger partial charge in [0.05, 0.1) is 17.3 Å². The van der Waals surface area contributed by atoms with Gasteiger partial charge in [-0.3, -0.25) is 9.48 Å². The van der Waals surface area contributed by atoms with Crippen molar-refractivity contribution in [2.45, 2.75) is 39.2 Å². The number of anilines is 1. The van der Waals surface area contributed by atoms with Gasteiger partial charge in [-0.2, -0.15) is 5.10 Å². The Kier molecular flexibility index (Phi) is 5.33. The Hall–Kier alpha value is -2.70. The Morgan fingerprint density at radius 2 is 2.17 bits per heavy atom. The number of rotatable bonds is 7. The first-order chi connectivity index (χ1) is 11.3. The zero-order valence-corrected chi connectivity index (χ0v) is 14.4. The van der Waals surface area contributed by atoms with E-state index >= 15 is 0 Å². The molecule has 2 heterocycles. The first-order valence-corrected chi connectivity index (χ1v) is 7.86. The van der Waals surface area contributed by atoms with Gasteiger partial charge in [-0.15, -0.1) is 6.58 Å². The first kappa shape index (κ1) is 17.7. The molecule has 0 bridgehead atoms. The number of nitrogens with zero attached hydrogens (tertiary/aromatic N) is 4. The number of carbonyl (C=O) groups is 1. The standard InChI is InChI=1S/C17H24N6O/c1-5-6-7-19-16-13(15(18)24)10-20-14(22-16)8-12-9-21-23(11-12)17(2,3)4/h5,9-11H,1,6-8H2,2-4H3,(H2,18,24)(H,19,20,22). The maximum absolute atomic E-state index is 11.5. The molecule has 1 amide bonds. The Bertz CT molecular complexity index is 729. The second-order valence-corrected chi connectivity index (χ2v) is 6.56. The molecule has 0 aliphatic carbocycles. The Balaban J connectivity index is 2.21. The molecule has 0 saturated carbocycles. The van der Waals surface area contributed by atoms with E-state index in [1.54, 1.807) is 12.3 Å². The van der Waals surface area contributed by atoms with Crippen LogP contribution >= 0.6 is 0 Å². The molecule has 2 aromatic rings. The van der Waals surface area contributed by atoms with E-state index in [-0.39, 0.29) is 11.1 Å². The lowest BCUT2D eigenvalue weighted by Gasteiger charge is -2.18. The van der Waals surface area contributed by atoms with Crippen LogP contribution in [0.2, 0.25) is 0 Å². The molecule has 0 saturated heterocycles. The molecule has 0 unspecified atom stereocenters. The van der Waals surface area contributed by atoms with Crippen molar-refractivity contribution in [3.63, 3.8) is 0 Å². The van der Waals surface area contributed by atoms with Crippen LogP contribution in [0, 0.1) is 0 Å². The van der Waals surface area contributed by atoms with Gasteiger partial charge < -0.3 is 11.1 Å². The lowest BCUT2D eigenvalue weighted by molar-refractivity contribution is 0.100. The van der Waals surface area contributed by atoms with Crippen molar-refractivity contribution in [3.05, 3.63) is 48.2 Å². The summed E-state index contributed by atoms with van der Waals surface area (Å²) in [4.78, 5) is 20.2. The van der Waals surface area contributed by atoms with Gasteiger partial charge in [-0.25, -0.2) is 9.97 Å². The average molecular weight is 328 g/mol. The Morgan fingerprint density at radius 1 is 1.42 bits per heavy atom. The highest BCUT2D eigenvalue weighted by Gasteiger charge is 2.16. The average Bonchev–Trinajstić information content (AvgIpc) is 2.96. The van der Waals surface area contributed by atoms with Crippen molar-refractivity contribution in [1.82, 2.24) is 19.7 Å². The van der Waals surface area contributed by atoms with Crippen molar-refractivity contribution >= 4 is 11.7 Å². The van der Waals surface area contributed by atoms with E-state index < -0.39 is 5.91 Å². The molecule has 0 aliphatic rings. The third-order valence-electron chi connectivity index (χ3n) is 3.43. The van der Waals surface area contributed by atoms with E-state index in [9.17, 15) is 4.79 Å². The van der Waals surface area contributed by atoms with E-state index in [4.69, 9.17) is 5.73 Å². The number of carbonyl (C=O) groups excluding carboxylic acids is 1. The summed E-state index contributed by atoms with van der Waals surface area (Å²) in [6.07, 6.45) is 8.34. The maximum Gasteiger partial charge on any atom is 0.254 e. The molecule has 7 heteroatoms. The minimum atomic E-state index is -0.553. The summed E-state index contributed by atoms with van der Waals surface area (Å²) >= 11 is 0. The summed E-state index contributed by atoms with van der Waals surface area (Å²) < 4.78 is 1.91. The van der Waals surface area contributed by atoms with Crippen molar-refractivity contribution in [2.24, 2.45) is 5.73 Å². The quantitative estimate of drug-likeness (QED) is 0.599. The molecule has 0 spiro atoms. The highest BCUT2D eigenvalue weighted by Crippen LogP contribution is 2.16. The maximum atomic E-state index is 11.5. The molecular weight excluding hydrogens is 304 g/mol. The fraction of sp³-hybridized carbons (Fsp3) is 0.412. The second-order valence-electron chi connectivity index (χ2n) is 6.56. The molecule has 2 aromatic heterocycles. The van der Waals surface area contributed by atoms with Crippen LogP contribution in [0.15, 0.2) is 31.2 Å². The minimum absolute atomic E-state index is 0.0770. The van der Waals surface area contributed by atoms with Gasteiger partial charge in [0.25, 0.3) is 5.91 Å². The molecule has 0 aromatic carbocycles. The van der Waals surface area contributed by atoms with Gasteiger partial charge in [0.15, 0.2) is 0 Å². The number of hydrogen-bond acceptors (Lipinski definition) is 5. The number of hydrogen-bond donors (Lipinski definition) is 2. The molecule has 3 N–H and O–H groups in total. The Morgan fingerprint density at radius 3 is 2.75 bits per heavy atom. The minimum Gasteiger partial charge on any atom is -0.369 e. The largest absolute Gasteiger partial charge is 0.369 e. The monoisotopic (exact) mass is 328 g/mol. The zero-order valence-electron chi connectivity index (χ0n) is 14.4. The van der Waals surface area contributed by atoms with Crippen LogP contribution < -0.4 is 11.1 Å². The van der Waals surface area contributed by atoms with Crippen LogP contribution in [0.3, 0.4) is 0 Å². The van der Waals surface area contributed by atoms with E-state index in [0.29, 0.717) is 24.6 Å². The molecule has 0 fully saturated rings. The van der Waals surface area contributed by atoms with Gasteiger partial charge in [-0.1, -0.05) is 6.08 Å². The number of nitrogens with two attached hydrogens (primary N) is 1. The van der Waals surface area contributed by atoms with E-state index in [1.165, 1.54) is 6.20 Å². The van der Waals surface area contributed by atoms with Crippen LogP contribution in [0.4, 0.5) is 5.82 Å². The van der Waals surface area contributed by atoms with Gasteiger partial charge >= 0.3 is 0 Å². The van der Waals surface area contributed by atoms with Crippen LogP contribution in [0.5, 0.6) is 0 Å². The summed E-state index contributed by atoms with van der Waals surface area (Å²) in [5, 5.41) is 7.48. The second kappa shape index (κ2) is 7.25. The van der Waals surface area contributed by atoms with Crippen LogP contribution in [-0.2, 0) is 12.0 Å². The summed E-state index contributed by atoms with van der Waals surface area (Å²) in [7, 11) is 0. The predicted octanol–water partition coefficient (Wildman–Crippen LogP) is 2.11. The first-order valence-electron chi connectivity index (χ1n) is 7.86. The Labute approximate surface area is 142 Å². The lowest BCUT2D eigenvalue weighted by Crippen LogP contribution is -2.21. The molecular formula is C17H24N6O. The SMILES string of the molecule is C=CCCNc1nc(Cc2cnn(C(C)(C)C)c2)ncc1C(N)=O. The third-order valence-corrected chi connectivity index (χ3v) is 3.43. The molecule has 0 atom stereocenters. The molecule has 0 radical (unpaired) electrons. The van der Waals surface area contributed by atoms with Gasteiger partial charge in [-0.05, 0) is 32.8 Å².